The maximum absolute atomic E-state index is 12.4. The summed E-state index contributed by atoms with van der Waals surface area (Å²) >= 11 is 0. The quantitative estimate of drug-likeness (QED) is 0.808. The number of hydrogen-bond acceptors (Lipinski definition) is 4. The van der Waals surface area contributed by atoms with E-state index in [1.165, 1.54) is 18.2 Å². The fraction of sp³-hybridized carbons (Fsp3) is 0.333. The number of fused-ring (bicyclic) bond motifs is 2. The Bertz CT molecular complexity index is 663. The number of nitrogens with one attached hydrogen (secondary N) is 1. The molecule has 4 atom stereocenters. The Hall–Kier alpha value is -2.48. The summed E-state index contributed by atoms with van der Waals surface area (Å²) < 4.78 is 34.5. The van der Waals surface area contributed by atoms with E-state index < -0.39 is 42.5 Å². The number of carbonyl (C=O) groups excluding carboxylic acids is 1. The predicted molar refractivity (Wildman–Crippen MR) is 74.1 cm³/mol. The molecule has 122 valence electrons. The van der Waals surface area contributed by atoms with Crippen LogP contribution in [0, 0.1) is 11.8 Å². The highest BCUT2D eigenvalue weighted by atomic mass is 19.3. The topological polar surface area (TPSA) is 84.9 Å². The number of hydrogen-bond donors (Lipinski definition) is 2. The molecule has 3 rings (SSSR count). The van der Waals surface area contributed by atoms with Crippen molar-refractivity contribution < 1.29 is 33.0 Å². The van der Waals surface area contributed by atoms with Gasteiger partial charge in [0.2, 0.25) is 5.91 Å². The standard InChI is InChI=1S/C15H13F2NO5/c16-15(17)23-8-4-2-1-3-7(8)18-13(19)11-9-5-6-10(22-9)12(11)14(20)21/h1-6,9-12,15H,(H,18,19)(H,20,21)/t9-,10-,11+,12+/m1/s1. The van der Waals surface area contributed by atoms with Crippen LogP contribution in [0.3, 0.4) is 0 Å². The van der Waals surface area contributed by atoms with Gasteiger partial charge in [-0.3, -0.25) is 9.59 Å². The molecule has 1 aromatic rings. The number of carbonyl (C=O) groups is 2. The first-order valence-corrected chi connectivity index (χ1v) is 6.88. The number of para-hydroxylation sites is 2. The van der Waals surface area contributed by atoms with E-state index in [2.05, 4.69) is 10.1 Å². The van der Waals surface area contributed by atoms with Gasteiger partial charge in [0, 0.05) is 0 Å². The zero-order chi connectivity index (χ0) is 16.6. The van der Waals surface area contributed by atoms with E-state index in [-0.39, 0.29) is 11.4 Å². The van der Waals surface area contributed by atoms with Gasteiger partial charge in [0.05, 0.1) is 23.8 Å². The molecular weight excluding hydrogens is 312 g/mol. The number of aliphatic carboxylic acids is 1. The van der Waals surface area contributed by atoms with Gasteiger partial charge in [-0.05, 0) is 12.1 Å². The van der Waals surface area contributed by atoms with Crippen LogP contribution in [-0.2, 0) is 14.3 Å². The lowest BCUT2D eigenvalue weighted by atomic mass is 9.82. The second-order valence-electron chi connectivity index (χ2n) is 5.20. The SMILES string of the molecule is O=C(O)[C@@H]1[C@@H](C(=O)Nc2ccccc2OC(F)F)[C@H]2C=C[C@H]1O2. The van der Waals surface area contributed by atoms with E-state index >= 15 is 0 Å². The maximum atomic E-state index is 12.4. The van der Waals surface area contributed by atoms with Gasteiger partial charge in [0.25, 0.3) is 0 Å². The van der Waals surface area contributed by atoms with Crippen LogP contribution in [0.2, 0.25) is 0 Å². The third kappa shape index (κ3) is 2.89. The largest absolute Gasteiger partial charge is 0.481 e. The van der Waals surface area contributed by atoms with Crippen molar-refractivity contribution in [2.45, 2.75) is 18.8 Å². The molecule has 8 heteroatoms. The second-order valence-corrected chi connectivity index (χ2v) is 5.20. The fourth-order valence-corrected chi connectivity index (χ4v) is 2.90. The van der Waals surface area contributed by atoms with Crippen molar-refractivity contribution >= 4 is 17.6 Å². The molecule has 0 radical (unpaired) electrons. The van der Waals surface area contributed by atoms with Crippen LogP contribution in [0.4, 0.5) is 14.5 Å². The second kappa shape index (κ2) is 5.96. The van der Waals surface area contributed by atoms with Crippen LogP contribution < -0.4 is 10.1 Å². The van der Waals surface area contributed by atoms with E-state index in [0.717, 1.165) is 0 Å². The number of ether oxygens (including phenoxy) is 2. The number of amides is 1. The van der Waals surface area contributed by atoms with Crippen molar-refractivity contribution in [3.63, 3.8) is 0 Å². The number of alkyl halides is 2. The lowest BCUT2D eigenvalue weighted by Gasteiger charge is -2.21. The molecule has 0 aliphatic carbocycles. The molecule has 1 fully saturated rings. The highest BCUT2D eigenvalue weighted by Crippen LogP contribution is 2.40. The first-order chi connectivity index (χ1) is 11.0. The first kappa shape index (κ1) is 15.4. The Morgan fingerprint density at radius 3 is 2.48 bits per heavy atom. The van der Waals surface area contributed by atoms with Gasteiger partial charge >= 0.3 is 12.6 Å². The van der Waals surface area contributed by atoms with Crippen LogP contribution in [0.1, 0.15) is 0 Å². The van der Waals surface area contributed by atoms with Crippen molar-refractivity contribution in [2.24, 2.45) is 11.8 Å². The van der Waals surface area contributed by atoms with Crippen molar-refractivity contribution in [3.05, 3.63) is 36.4 Å². The monoisotopic (exact) mass is 325 g/mol. The number of carboxylic acids is 1. The summed E-state index contributed by atoms with van der Waals surface area (Å²) in [5.41, 5.74) is 0.0497. The molecule has 2 aliphatic heterocycles. The zero-order valence-corrected chi connectivity index (χ0v) is 11.7. The van der Waals surface area contributed by atoms with Gasteiger partial charge in [-0.2, -0.15) is 8.78 Å². The van der Waals surface area contributed by atoms with Gasteiger partial charge < -0.3 is 19.9 Å². The molecule has 2 heterocycles. The summed E-state index contributed by atoms with van der Waals surface area (Å²) in [7, 11) is 0. The molecule has 23 heavy (non-hydrogen) atoms. The van der Waals surface area contributed by atoms with E-state index in [4.69, 9.17) is 4.74 Å². The molecule has 0 aromatic heterocycles. The van der Waals surface area contributed by atoms with Crippen LogP contribution in [0.25, 0.3) is 0 Å². The number of anilines is 1. The molecule has 2 bridgehead atoms. The van der Waals surface area contributed by atoms with E-state index in [9.17, 15) is 23.5 Å². The number of benzene rings is 1. The molecule has 2 N–H and O–H groups in total. The van der Waals surface area contributed by atoms with Crippen molar-refractivity contribution in [2.75, 3.05) is 5.32 Å². The molecule has 0 spiro atoms. The predicted octanol–water partition coefficient (Wildman–Crippen LogP) is 1.88. The maximum Gasteiger partial charge on any atom is 0.387 e. The summed E-state index contributed by atoms with van der Waals surface area (Å²) in [5.74, 6) is -3.88. The zero-order valence-electron chi connectivity index (χ0n) is 11.7. The molecule has 2 aliphatic rings. The third-order valence-electron chi connectivity index (χ3n) is 3.85. The molecule has 6 nitrogen and oxygen atoms in total. The van der Waals surface area contributed by atoms with Crippen molar-refractivity contribution in [3.8, 4) is 5.75 Å². The molecule has 0 saturated carbocycles. The van der Waals surface area contributed by atoms with E-state index in [1.54, 1.807) is 18.2 Å². The lowest BCUT2D eigenvalue weighted by Crippen LogP contribution is -2.39. The van der Waals surface area contributed by atoms with Gasteiger partial charge in [-0.15, -0.1) is 0 Å². The van der Waals surface area contributed by atoms with Gasteiger partial charge in [0.1, 0.15) is 11.7 Å². The minimum Gasteiger partial charge on any atom is -0.481 e. The average Bonchev–Trinajstić information content (AvgIpc) is 3.09. The number of rotatable bonds is 5. The number of carboxylic acid groups (broad SMARTS) is 1. The summed E-state index contributed by atoms with van der Waals surface area (Å²) in [6, 6.07) is 5.71. The summed E-state index contributed by atoms with van der Waals surface area (Å²) in [5, 5.41) is 11.7. The van der Waals surface area contributed by atoms with E-state index in [0.29, 0.717) is 0 Å². The Morgan fingerprint density at radius 1 is 1.17 bits per heavy atom. The van der Waals surface area contributed by atoms with Crippen LogP contribution in [0.15, 0.2) is 36.4 Å². The minimum atomic E-state index is -3.03. The first-order valence-electron chi connectivity index (χ1n) is 6.88. The van der Waals surface area contributed by atoms with Crippen LogP contribution >= 0.6 is 0 Å². The third-order valence-corrected chi connectivity index (χ3v) is 3.85. The molecule has 0 unspecified atom stereocenters. The van der Waals surface area contributed by atoms with Gasteiger partial charge in [-0.25, -0.2) is 0 Å². The Morgan fingerprint density at radius 2 is 1.83 bits per heavy atom. The van der Waals surface area contributed by atoms with Crippen molar-refractivity contribution in [1.82, 2.24) is 0 Å². The highest BCUT2D eigenvalue weighted by molar-refractivity contribution is 5.97. The Kier molecular flexibility index (Phi) is 3.99. The molecular formula is C15H13F2NO5. The van der Waals surface area contributed by atoms with Crippen molar-refractivity contribution in [1.29, 1.82) is 0 Å². The summed E-state index contributed by atoms with van der Waals surface area (Å²) in [4.78, 5) is 23.8. The molecule has 1 saturated heterocycles. The van der Waals surface area contributed by atoms with Crippen LogP contribution in [0.5, 0.6) is 5.75 Å². The Labute approximate surface area is 129 Å². The summed E-state index contributed by atoms with van der Waals surface area (Å²) in [6.45, 7) is -3.03. The van der Waals surface area contributed by atoms with Gasteiger partial charge in [0.15, 0.2) is 0 Å². The lowest BCUT2D eigenvalue weighted by molar-refractivity contribution is -0.145. The van der Waals surface area contributed by atoms with Gasteiger partial charge in [-0.1, -0.05) is 24.3 Å². The Balaban J connectivity index is 1.80. The average molecular weight is 325 g/mol. The smallest absolute Gasteiger partial charge is 0.387 e. The van der Waals surface area contributed by atoms with Crippen LogP contribution in [-0.4, -0.2) is 35.8 Å². The van der Waals surface area contributed by atoms with E-state index in [1.807, 2.05) is 0 Å². The molecule has 1 amide bonds. The fourth-order valence-electron chi connectivity index (χ4n) is 2.90. The highest BCUT2D eigenvalue weighted by Gasteiger charge is 2.53. The molecule has 1 aromatic carbocycles. The summed E-state index contributed by atoms with van der Waals surface area (Å²) in [6.07, 6.45) is 1.96. The minimum absolute atomic E-state index is 0.0497. The number of halogens is 2. The normalized spacial score (nSPS) is 28.1.